The number of benzene rings is 1. The fourth-order valence-corrected chi connectivity index (χ4v) is 4.29. The van der Waals surface area contributed by atoms with Crippen LogP contribution in [-0.4, -0.2) is 75.8 Å². The number of fused-ring (bicyclic) bond motifs is 1. The van der Waals surface area contributed by atoms with Gasteiger partial charge < -0.3 is 14.4 Å². The summed E-state index contributed by atoms with van der Waals surface area (Å²) in [4.78, 5) is 14.5. The Balaban J connectivity index is 1.68. The van der Waals surface area contributed by atoms with E-state index in [-0.39, 0.29) is 17.9 Å². The van der Waals surface area contributed by atoms with Gasteiger partial charge in [-0.3, -0.25) is 4.79 Å². The molecule has 0 bridgehead atoms. The van der Waals surface area contributed by atoms with Crippen LogP contribution in [0.5, 0.6) is 0 Å². The summed E-state index contributed by atoms with van der Waals surface area (Å²) in [6, 6.07) is 7.36. The molecule has 0 aromatic heterocycles. The highest BCUT2D eigenvalue weighted by Crippen LogP contribution is 2.26. The quantitative estimate of drug-likeness (QED) is 0.776. The van der Waals surface area contributed by atoms with E-state index in [2.05, 4.69) is 0 Å². The third kappa shape index (κ3) is 4.20. The zero-order valence-corrected chi connectivity index (χ0v) is 15.4. The highest BCUT2D eigenvalue weighted by Gasteiger charge is 2.40. The van der Waals surface area contributed by atoms with Crippen molar-refractivity contribution in [3.8, 4) is 0 Å². The maximum atomic E-state index is 12.7. The molecule has 138 valence electrons. The fraction of sp³-hybridized carbons (Fsp3) is 0.588. The molecule has 0 unspecified atom stereocenters. The number of carbonyl (C=O) groups excluding carboxylic acids is 1. The summed E-state index contributed by atoms with van der Waals surface area (Å²) < 4.78 is 36.0. The van der Waals surface area contributed by atoms with Gasteiger partial charge in [0.15, 0.2) is 0 Å². The van der Waals surface area contributed by atoms with Gasteiger partial charge in [-0.25, -0.2) is 8.42 Å². The van der Waals surface area contributed by atoms with E-state index >= 15 is 0 Å². The Morgan fingerprint density at radius 1 is 1.24 bits per heavy atom. The third-order valence-corrected chi connectivity index (χ3v) is 6.03. The number of carbonyl (C=O) groups is 1. The summed E-state index contributed by atoms with van der Waals surface area (Å²) in [6.07, 6.45) is 1.11. The van der Waals surface area contributed by atoms with Crippen molar-refractivity contribution in [1.29, 1.82) is 0 Å². The van der Waals surface area contributed by atoms with E-state index in [1.807, 2.05) is 12.1 Å². The monoisotopic (exact) mass is 368 g/mol. The summed E-state index contributed by atoms with van der Waals surface area (Å²) in [6.45, 7) is 2.66. The Morgan fingerprint density at radius 3 is 2.60 bits per heavy atom. The van der Waals surface area contributed by atoms with E-state index in [9.17, 15) is 13.2 Å². The normalized spacial score (nSPS) is 24.8. The molecule has 2 atom stereocenters. The molecule has 1 aromatic carbocycles. The predicted octanol–water partition coefficient (Wildman–Crippen LogP) is 0.565. The first-order chi connectivity index (χ1) is 11.9. The Kier molecular flexibility index (Phi) is 5.43. The lowest BCUT2D eigenvalue weighted by Gasteiger charge is -2.21. The van der Waals surface area contributed by atoms with Crippen LogP contribution in [0.3, 0.4) is 0 Å². The van der Waals surface area contributed by atoms with Crippen molar-refractivity contribution < 1.29 is 22.7 Å². The topological polar surface area (TPSA) is 76.2 Å². The zero-order valence-electron chi connectivity index (χ0n) is 14.6. The molecule has 0 radical (unpaired) electrons. The van der Waals surface area contributed by atoms with E-state index < -0.39 is 10.0 Å². The molecule has 0 N–H and O–H groups in total. The van der Waals surface area contributed by atoms with Crippen LogP contribution >= 0.6 is 0 Å². The molecular formula is C17H24N2O5S. The van der Waals surface area contributed by atoms with Crippen LogP contribution in [0.1, 0.15) is 15.9 Å². The van der Waals surface area contributed by atoms with Gasteiger partial charge in [0.2, 0.25) is 10.0 Å². The molecule has 1 aromatic rings. The molecule has 2 aliphatic heterocycles. The number of hydrogen-bond acceptors (Lipinski definition) is 5. The van der Waals surface area contributed by atoms with Crippen LogP contribution in [-0.2, 0) is 26.1 Å². The SMILES string of the molecule is COCc1ccc(C(=O)N2C[C@@H]3CN(S(C)(=O)=O)CCO[C@@H]3C2)cc1. The van der Waals surface area contributed by atoms with Gasteiger partial charge in [-0.15, -0.1) is 0 Å². The largest absolute Gasteiger partial charge is 0.380 e. The van der Waals surface area contributed by atoms with Crippen LogP contribution in [0.25, 0.3) is 0 Å². The summed E-state index contributed by atoms with van der Waals surface area (Å²) in [7, 11) is -1.62. The molecule has 0 aliphatic carbocycles. The van der Waals surface area contributed by atoms with Gasteiger partial charge in [0.25, 0.3) is 5.91 Å². The molecule has 2 fully saturated rings. The molecule has 0 spiro atoms. The van der Waals surface area contributed by atoms with Crippen molar-refractivity contribution in [2.45, 2.75) is 12.7 Å². The third-order valence-electron chi connectivity index (χ3n) is 4.76. The Hall–Kier alpha value is -1.48. The van der Waals surface area contributed by atoms with Crippen molar-refractivity contribution in [1.82, 2.24) is 9.21 Å². The van der Waals surface area contributed by atoms with Crippen molar-refractivity contribution in [3.63, 3.8) is 0 Å². The van der Waals surface area contributed by atoms with Crippen molar-refractivity contribution in [2.24, 2.45) is 5.92 Å². The minimum atomic E-state index is -3.25. The number of rotatable bonds is 4. The highest BCUT2D eigenvalue weighted by molar-refractivity contribution is 7.88. The summed E-state index contributed by atoms with van der Waals surface area (Å²) in [5.41, 5.74) is 1.63. The number of hydrogen-bond donors (Lipinski definition) is 0. The van der Waals surface area contributed by atoms with Crippen LogP contribution < -0.4 is 0 Å². The summed E-state index contributed by atoms with van der Waals surface area (Å²) in [5.74, 6) is -0.0412. The Labute approximate surface area is 148 Å². The lowest BCUT2D eigenvalue weighted by Crippen LogP contribution is -2.37. The second-order valence-corrected chi connectivity index (χ2v) is 8.61. The molecule has 1 amide bonds. The van der Waals surface area contributed by atoms with E-state index in [0.29, 0.717) is 45.0 Å². The number of methoxy groups -OCH3 is 1. The van der Waals surface area contributed by atoms with Crippen molar-refractivity contribution in [2.75, 3.05) is 46.2 Å². The van der Waals surface area contributed by atoms with Gasteiger partial charge in [0.05, 0.1) is 25.6 Å². The number of ether oxygens (including phenoxy) is 2. The van der Waals surface area contributed by atoms with E-state index in [0.717, 1.165) is 5.56 Å². The molecule has 8 heteroatoms. The highest BCUT2D eigenvalue weighted by atomic mass is 32.2. The molecular weight excluding hydrogens is 344 g/mol. The Bertz CT molecular complexity index is 719. The molecule has 7 nitrogen and oxygen atoms in total. The number of likely N-dealkylation sites (tertiary alicyclic amines) is 1. The first-order valence-corrected chi connectivity index (χ1v) is 10.2. The van der Waals surface area contributed by atoms with Crippen LogP contribution in [0, 0.1) is 5.92 Å². The van der Waals surface area contributed by atoms with E-state index in [4.69, 9.17) is 9.47 Å². The van der Waals surface area contributed by atoms with Gasteiger partial charge in [-0.1, -0.05) is 12.1 Å². The standard InChI is InChI=1S/C17H24N2O5S/c1-23-12-13-3-5-14(6-4-13)17(20)18-9-15-10-19(25(2,21)22)7-8-24-16(15)11-18/h3-6,15-16H,7-12H2,1-2H3/t15-,16-/m1/s1. The predicted molar refractivity (Wildman–Crippen MR) is 92.7 cm³/mol. The summed E-state index contributed by atoms with van der Waals surface area (Å²) in [5, 5.41) is 0. The van der Waals surface area contributed by atoms with Gasteiger partial charge in [-0.05, 0) is 17.7 Å². The lowest BCUT2D eigenvalue weighted by molar-refractivity contribution is 0.0492. The maximum Gasteiger partial charge on any atom is 0.253 e. The zero-order chi connectivity index (χ0) is 18.0. The first-order valence-electron chi connectivity index (χ1n) is 8.32. The van der Waals surface area contributed by atoms with Crippen LogP contribution in [0.4, 0.5) is 0 Å². The minimum absolute atomic E-state index is 0.00828. The van der Waals surface area contributed by atoms with Crippen molar-refractivity contribution >= 4 is 15.9 Å². The molecule has 25 heavy (non-hydrogen) atoms. The number of amides is 1. The Morgan fingerprint density at radius 2 is 1.96 bits per heavy atom. The van der Waals surface area contributed by atoms with Crippen LogP contribution in [0.2, 0.25) is 0 Å². The second kappa shape index (κ2) is 7.41. The number of sulfonamides is 1. The summed E-state index contributed by atoms with van der Waals surface area (Å²) >= 11 is 0. The first kappa shape index (κ1) is 18.3. The average molecular weight is 368 g/mol. The fourth-order valence-electron chi connectivity index (χ4n) is 3.42. The van der Waals surface area contributed by atoms with Gasteiger partial charge >= 0.3 is 0 Å². The average Bonchev–Trinajstić information content (AvgIpc) is 2.85. The second-order valence-electron chi connectivity index (χ2n) is 6.63. The van der Waals surface area contributed by atoms with Gasteiger partial charge in [-0.2, -0.15) is 4.31 Å². The number of nitrogens with zero attached hydrogens (tertiary/aromatic N) is 2. The van der Waals surface area contributed by atoms with E-state index in [1.54, 1.807) is 24.1 Å². The van der Waals surface area contributed by atoms with Crippen molar-refractivity contribution in [3.05, 3.63) is 35.4 Å². The molecule has 2 heterocycles. The lowest BCUT2D eigenvalue weighted by atomic mass is 10.1. The smallest absolute Gasteiger partial charge is 0.253 e. The van der Waals surface area contributed by atoms with Crippen LogP contribution in [0.15, 0.2) is 24.3 Å². The molecule has 3 rings (SSSR count). The molecule has 0 saturated carbocycles. The molecule has 2 aliphatic rings. The minimum Gasteiger partial charge on any atom is -0.380 e. The van der Waals surface area contributed by atoms with Gasteiger partial charge in [0.1, 0.15) is 0 Å². The van der Waals surface area contributed by atoms with Gasteiger partial charge in [0, 0.05) is 44.8 Å². The maximum absolute atomic E-state index is 12.7. The van der Waals surface area contributed by atoms with E-state index in [1.165, 1.54) is 10.6 Å². The molecule has 2 saturated heterocycles.